The normalized spacial score (nSPS) is 10.0. The number of amides is 1. The molecule has 0 aromatic heterocycles. The van der Waals surface area contributed by atoms with Gasteiger partial charge in [0.1, 0.15) is 0 Å². The minimum Gasteiger partial charge on any atom is -0.478 e. The molecule has 0 aliphatic rings. The van der Waals surface area contributed by atoms with Gasteiger partial charge in [-0.2, -0.15) is 0 Å². The number of nitrogens with two attached hydrogens (primary N) is 1. The number of nitrogens with zero attached hydrogens (tertiary/aromatic N) is 1. The third kappa shape index (κ3) is 3.87. The Balaban J connectivity index is 2.82. The average Bonchev–Trinajstić information content (AvgIpc) is 2.36. The van der Waals surface area contributed by atoms with Gasteiger partial charge in [0.2, 0.25) is 5.91 Å². The molecule has 0 spiro atoms. The van der Waals surface area contributed by atoms with Crippen molar-refractivity contribution in [3.05, 3.63) is 23.8 Å². The Hall–Kier alpha value is -2.24. The average molecular weight is 265 g/mol. The molecule has 0 aliphatic carbocycles. The van der Waals surface area contributed by atoms with E-state index in [0.717, 1.165) is 6.42 Å². The maximum absolute atomic E-state index is 11.6. The molecular formula is C13H19N3O3. The van der Waals surface area contributed by atoms with Gasteiger partial charge in [-0.05, 0) is 18.6 Å². The number of para-hydroxylation sites is 1. The number of hydrogen-bond acceptors (Lipinski definition) is 4. The maximum atomic E-state index is 11.6. The number of carbonyl (C=O) groups excluding carboxylic acids is 1. The maximum Gasteiger partial charge on any atom is 0.337 e. The van der Waals surface area contributed by atoms with E-state index in [-0.39, 0.29) is 23.7 Å². The molecule has 0 saturated heterocycles. The molecule has 1 aromatic carbocycles. The van der Waals surface area contributed by atoms with E-state index in [1.54, 1.807) is 24.1 Å². The molecule has 1 aromatic rings. The lowest BCUT2D eigenvalue weighted by atomic mass is 10.1. The van der Waals surface area contributed by atoms with Gasteiger partial charge >= 0.3 is 5.97 Å². The molecule has 6 heteroatoms. The summed E-state index contributed by atoms with van der Waals surface area (Å²) in [5, 5.41) is 11.7. The zero-order valence-corrected chi connectivity index (χ0v) is 11.1. The fourth-order valence-electron chi connectivity index (χ4n) is 1.69. The molecule has 0 saturated carbocycles. The first-order chi connectivity index (χ1) is 8.97. The lowest BCUT2D eigenvalue weighted by Crippen LogP contribution is -2.35. The number of anilines is 2. The van der Waals surface area contributed by atoms with Crippen LogP contribution < -0.4 is 16.0 Å². The molecule has 104 valence electrons. The number of likely N-dealkylation sites (N-methyl/N-ethyl adjacent to an activating group) is 1. The molecule has 4 N–H and O–H groups in total. The first kappa shape index (κ1) is 14.8. The third-order valence-electron chi connectivity index (χ3n) is 2.68. The molecule has 0 unspecified atom stereocenters. The van der Waals surface area contributed by atoms with Crippen molar-refractivity contribution in [3.8, 4) is 0 Å². The number of aromatic carboxylic acids is 1. The van der Waals surface area contributed by atoms with Crippen LogP contribution in [0.3, 0.4) is 0 Å². The Morgan fingerprint density at radius 3 is 2.68 bits per heavy atom. The molecule has 0 radical (unpaired) electrons. The number of nitrogen functional groups attached to an aromatic ring is 1. The Morgan fingerprint density at radius 1 is 1.42 bits per heavy atom. The van der Waals surface area contributed by atoms with Crippen LogP contribution in [-0.2, 0) is 4.79 Å². The van der Waals surface area contributed by atoms with E-state index in [2.05, 4.69) is 5.32 Å². The Labute approximate surface area is 112 Å². The van der Waals surface area contributed by atoms with E-state index in [1.807, 2.05) is 6.92 Å². The van der Waals surface area contributed by atoms with Crippen LogP contribution in [0.4, 0.5) is 11.4 Å². The van der Waals surface area contributed by atoms with Crippen molar-refractivity contribution in [2.45, 2.75) is 13.3 Å². The van der Waals surface area contributed by atoms with Crippen LogP contribution in [0.5, 0.6) is 0 Å². The molecule has 0 atom stereocenters. The molecule has 6 nitrogen and oxygen atoms in total. The van der Waals surface area contributed by atoms with Gasteiger partial charge in [-0.3, -0.25) is 4.79 Å². The van der Waals surface area contributed by atoms with Crippen molar-refractivity contribution in [1.82, 2.24) is 5.32 Å². The fourth-order valence-corrected chi connectivity index (χ4v) is 1.69. The Bertz CT molecular complexity index is 474. The van der Waals surface area contributed by atoms with E-state index >= 15 is 0 Å². The van der Waals surface area contributed by atoms with Gasteiger partial charge in [-0.1, -0.05) is 13.0 Å². The van der Waals surface area contributed by atoms with E-state index in [4.69, 9.17) is 10.8 Å². The number of hydrogen-bond donors (Lipinski definition) is 3. The predicted octanol–water partition coefficient (Wildman–Crippen LogP) is 0.929. The molecule has 1 rings (SSSR count). The number of benzene rings is 1. The van der Waals surface area contributed by atoms with Crippen LogP contribution in [-0.4, -0.2) is 37.1 Å². The van der Waals surface area contributed by atoms with Crippen LogP contribution in [0.1, 0.15) is 23.7 Å². The molecule has 1 amide bonds. The van der Waals surface area contributed by atoms with Crippen molar-refractivity contribution in [3.63, 3.8) is 0 Å². The lowest BCUT2D eigenvalue weighted by Gasteiger charge is -2.21. The first-order valence-electron chi connectivity index (χ1n) is 6.07. The fraction of sp³-hybridized carbons (Fsp3) is 0.385. The number of nitrogens with one attached hydrogen (secondary N) is 1. The topological polar surface area (TPSA) is 95.7 Å². The van der Waals surface area contributed by atoms with Crippen molar-refractivity contribution in [1.29, 1.82) is 0 Å². The minimum absolute atomic E-state index is 0.0401. The SMILES string of the molecule is CCCNC(=O)CN(C)c1cccc(C(=O)O)c1N. The van der Waals surface area contributed by atoms with Crippen LogP contribution in [0.2, 0.25) is 0 Å². The van der Waals surface area contributed by atoms with Crippen molar-refractivity contribution >= 4 is 23.3 Å². The van der Waals surface area contributed by atoms with Gasteiger partial charge in [0.15, 0.2) is 0 Å². The van der Waals surface area contributed by atoms with Gasteiger partial charge < -0.3 is 21.1 Å². The standard InChI is InChI=1S/C13H19N3O3/c1-3-7-15-11(17)8-16(2)10-6-4-5-9(12(10)14)13(18)19/h4-6H,3,7-8,14H2,1-2H3,(H,15,17)(H,18,19). The van der Waals surface area contributed by atoms with Crippen LogP contribution in [0, 0.1) is 0 Å². The quantitative estimate of drug-likeness (QED) is 0.665. The zero-order valence-electron chi connectivity index (χ0n) is 11.1. The highest BCUT2D eigenvalue weighted by atomic mass is 16.4. The monoisotopic (exact) mass is 265 g/mol. The minimum atomic E-state index is -1.08. The van der Waals surface area contributed by atoms with Crippen LogP contribution in [0.25, 0.3) is 0 Å². The summed E-state index contributed by atoms with van der Waals surface area (Å²) >= 11 is 0. The number of carboxylic acid groups (broad SMARTS) is 1. The first-order valence-corrected chi connectivity index (χ1v) is 6.07. The number of rotatable bonds is 6. The van der Waals surface area contributed by atoms with Gasteiger partial charge in [-0.15, -0.1) is 0 Å². The van der Waals surface area contributed by atoms with E-state index < -0.39 is 5.97 Å². The van der Waals surface area contributed by atoms with Crippen molar-refractivity contribution < 1.29 is 14.7 Å². The summed E-state index contributed by atoms with van der Waals surface area (Å²) in [6.45, 7) is 2.73. The highest BCUT2D eigenvalue weighted by molar-refractivity contribution is 5.97. The number of carboxylic acids is 1. The van der Waals surface area contributed by atoms with E-state index in [1.165, 1.54) is 6.07 Å². The summed E-state index contributed by atoms with van der Waals surface area (Å²) in [6, 6.07) is 4.73. The van der Waals surface area contributed by atoms with Crippen LogP contribution in [0.15, 0.2) is 18.2 Å². The largest absolute Gasteiger partial charge is 0.478 e. The third-order valence-corrected chi connectivity index (χ3v) is 2.68. The zero-order chi connectivity index (χ0) is 14.4. The van der Waals surface area contributed by atoms with Gasteiger partial charge in [0.05, 0.1) is 23.5 Å². The van der Waals surface area contributed by atoms with Crippen molar-refractivity contribution in [2.24, 2.45) is 0 Å². The van der Waals surface area contributed by atoms with E-state index in [9.17, 15) is 9.59 Å². The molecule has 0 heterocycles. The highest BCUT2D eigenvalue weighted by Crippen LogP contribution is 2.25. The molecule has 0 aliphatic heterocycles. The van der Waals surface area contributed by atoms with Gasteiger partial charge in [-0.25, -0.2) is 4.79 Å². The predicted molar refractivity (Wildman–Crippen MR) is 74.4 cm³/mol. The molecule has 0 bridgehead atoms. The van der Waals surface area contributed by atoms with Gasteiger partial charge in [0, 0.05) is 13.6 Å². The second kappa shape index (κ2) is 6.63. The van der Waals surface area contributed by atoms with E-state index in [0.29, 0.717) is 12.2 Å². The second-order valence-electron chi connectivity index (χ2n) is 4.25. The van der Waals surface area contributed by atoms with Gasteiger partial charge in [0.25, 0.3) is 0 Å². The Kier molecular flexibility index (Phi) is 5.17. The lowest BCUT2D eigenvalue weighted by molar-refractivity contribution is -0.119. The summed E-state index contributed by atoms with van der Waals surface area (Å²) in [5.74, 6) is -1.20. The second-order valence-corrected chi connectivity index (χ2v) is 4.25. The highest BCUT2D eigenvalue weighted by Gasteiger charge is 2.15. The van der Waals surface area contributed by atoms with Crippen LogP contribution >= 0.6 is 0 Å². The summed E-state index contributed by atoms with van der Waals surface area (Å²) in [7, 11) is 1.70. The summed E-state index contributed by atoms with van der Waals surface area (Å²) in [5.41, 5.74) is 6.55. The summed E-state index contributed by atoms with van der Waals surface area (Å²) < 4.78 is 0. The van der Waals surface area contributed by atoms with Crippen molar-refractivity contribution in [2.75, 3.05) is 30.8 Å². The molecular weight excluding hydrogens is 246 g/mol. The Morgan fingerprint density at radius 2 is 2.11 bits per heavy atom. The summed E-state index contributed by atoms with van der Waals surface area (Å²) in [4.78, 5) is 24.2. The summed E-state index contributed by atoms with van der Waals surface area (Å²) in [6.07, 6.45) is 0.867. The molecule has 0 fully saturated rings. The molecule has 19 heavy (non-hydrogen) atoms. The number of carbonyl (C=O) groups is 2. The smallest absolute Gasteiger partial charge is 0.337 e.